The fraction of sp³-hybridized carbons (Fsp3) is 0.591. The van der Waals surface area contributed by atoms with Crippen LogP contribution in [0.3, 0.4) is 0 Å². The molecular formula is C44H64N2O4. The van der Waals surface area contributed by atoms with Gasteiger partial charge in [0.25, 0.3) is 0 Å². The van der Waals surface area contributed by atoms with Crippen molar-refractivity contribution in [1.29, 1.82) is 0 Å². The van der Waals surface area contributed by atoms with E-state index in [4.69, 9.17) is 0 Å². The van der Waals surface area contributed by atoms with Crippen LogP contribution >= 0.6 is 0 Å². The van der Waals surface area contributed by atoms with Gasteiger partial charge in [-0.05, 0) is 171 Å². The van der Waals surface area contributed by atoms with Crippen LogP contribution in [-0.4, -0.2) is 71.2 Å². The van der Waals surface area contributed by atoms with Gasteiger partial charge in [-0.15, -0.1) is 0 Å². The quantitative estimate of drug-likeness (QED) is 0.0858. The highest BCUT2D eigenvalue weighted by Crippen LogP contribution is 2.51. The summed E-state index contributed by atoms with van der Waals surface area (Å²) in [6, 6.07) is 11.4. The highest BCUT2D eigenvalue weighted by molar-refractivity contribution is 6.21. The number of carboxylic acids is 2. The van der Waals surface area contributed by atoms with Crippen molar-refractivity contribution in [3.05, 3.63) is 58.7 Å². The van der Waals surface area contributed by atoms with Gasteiger partial charge in [-0.25, -0.2) is 9.59 Å². The van der Waals surface area contributed by atoms with Crippen molar-refractivity contribution in [2.45, 2.75) is 107 Å². The predicted molar refractivity (Wildman–Crippen MR) is 210 cm³/mol. The van der Waals surface area contributed by atoms with Gasteiger partial charge in [-0.2, -0.15) is 0 Å². The summed E-state index contributed by atoms with van der Waals surface area (Å²) in [6.07, 6.45) is 7.99. The van der Waals surface area contributed by atoms with Crippen LogP contribution < -0.4 is 0 Å². The lowest BCUT2D eigenvalue weighted by atomic mass is 9.84. The first kappa shape index (κ1) is 39.6. The first-order valence-corrected chi connectivity index (χ1v) is 19.4. The van der Waals surface area contributed by atoms with Crippen LogP contribution in [-0.2, 0) is 12.8 Å². The molecular weight excluding hydrogens is 620 g/mol. The molecule has 6 nitrogen and oxygen atoms in total. The molecule has 4 rings (SSSR count). The smallest absolute Gasteiger partial charge is 0.336 e. The Hall–Kier alpha value is -3.22. The Morgan fingerprint density at radius 2 is 1.08 bits per heavy atom. The molecule has 0 fully saturated rings. The van der Waals surface area contributed by atoms with E-state index in [9.17, 15) is 19.8 Å². The van der Waals surface area contributed by atoms with E-state index in [1.807, 2.05) is 24.3 Å². The Labute approximate surface area is 302 Å². The largest absolute Gasteiger partial charge is 0.478 e. The maximum Gasteiger partial charge on any atom is 0.336 e. The molecule has 0 atom stereocenters. The summed E-state index contributed by atoms with van der Waals surface area (Å²) < 4.78 is 0. The average Bonchev–Trinajstić information content (AvgIpc) is 3.38. The average molecular weight is 685 g/mol. The monoisotopic (exact) mass is 684 g/mol. The molecule has 50 heavy (non-hydrogen) atoms. The van der Waals surface area contributed by atoms with Crippen molar-refractivity contribution in [3.63, 3.8) is 0 Å². The summed E-state index contributed by atoms with van der Waals surface area (Å²) in [6.45, 7) is 24.5. The molecule has 1 aliphatic carbocycles. The van der Waals surface area contributed by atoms with Gasteiger partial charge in [0.05, 0.1) is 11.1 Å². The van der Waals surface area contributed by atoms with E-state index in [2.05, 4.69) is 65.2 Å². The van der Waals surface area contributed by atoms with Crippen molar-refractivity contribution in [2.24, 2.45) is 23.7 Å². The lowest BCUT2D eigenvalue weighted by Crippen LogP contribution is -2.29. The second kappa shape index (κ2) is 18.3. The molecule has 0 bridgehead atoms. The van der Waals surface area contributed by atoms with E-state index in [0.717, 1.165) is 116 Å². The zero-order chi connectivity index (χ0) is 36.5. The van der Waals surface area contributed by atoms with E-state index in [0.29, 0.717) is 35.7 Å². The van der Waals surface area contributed by atoms with Gasteiger partial charge in [0.15, 0.2) is 0 Å². The highest BCUT2D eigenvalue weighted by Gasteiger charge is 2.31. The maximum absolute atomic E-state index is 13.3. The predicted octanol–water partition coefficient (Wildman–Crippen LogP) is 10.5. The first-order chi connectivity index (χ1) is 23.8. The van der Waals surface area contributed by atoms with Crippen LogP contribution in [0.1, 0.15) is 126 Å². The molecule has 0 spiro atoms. The SMILES string of the molecule is CC(C)CCN(CCCc1c(CCCN(CCC(C)C)CCC(C)C)c2c3c(cccc3c1C(=O)O)-c1cc(C(=O)O)ccc1-2)CCC(C)C. The van der Waals surface area contributed by atoms with Gasteiger partial charge in [-0.3, -0.25) is 0 Å². The van der Waals surface area contributed by atoms with Gasteiger partial charge >= 0.3 is 11.9 Å². The van der Waals surface area contributed by atoms with Crippen LogP contribution in [0.4, 0.5) is 0 Å². The van der Waals surface area contributed by atoms with Gasteiger partial charge in [0, 0.05) is 0 Å². The van der Waals surface area contributed by atoms with Crippen LogP contribution in [0.25, 0.3) is 33.0 Å². The second-order valence-electron chi connectivity index (χ2n) is 16.4. The minimum atomic E-state index is -0.953. The Morgan fingerprint density at radius 3 is 1.54 bits per heavy atom. The minimum Gasteiger partial charge on any atom is -0.478 e. The van der Waals surface area contributed by atoms with Gasteiger partial charge in [0.2, 0.25) is 0 Å². The van der Waals surface area contributed by atoms with Crippen molar-refractivity contribution < 1.29 is 19.8 Å². The lowest BCUT2D eigenvalue weighted by molar-refractivity contribution is 0.0686. The third kappa shape index (κ3) is 10.2. The van der Waals surface area contributed by atoms with Crippen LogP contribution in [0.15, 0.2) is 36.4 Å². The molecule has 0 aliphatic heterocycles. The first-order valence-electron chi connectivity index (χ1n) is 19.4. The van der Waals surface area contributed by atoms with Crippen LogP contribution in [0.5, 0.6) is 0 Å². The molecule has 0 saturated carbocycles. The summed E-state index contributed by atoms with van der Waals surface area (Å²) in [5.41, 5.74) is 6.78. The third-order valence-electron chi connectivity index (χ3n) is 10.5. The molecule has 0 unspecified atom stereocenters. The normalized spacial score (nSPS) is 12.5. The van der Waals surface area contributed by atoms with Crippen molar-refractivity contribution >= 4 is 22.7 Å². The van der Waals surface area contributed by atoms with Crippen LogP contribution in [0.2, 0.25) is 0 Å². The third-order valence-corrected chi connectivity index (χ3v) is 10.5. The topological polar surface area (TPSA) is 81.1 Å². The number of hydrogen-bond donors (Lipinski definition) is 2. The van der Waals surface area contributed by atoms with E-state index < -0.39 is 11.9 Å². The van der Waals surface area contributed by atoms with E-state index in [1.54, 1.807) is 12.1 Å². The van der Waals surface area contributed by atoms with E-state index in [1.165, 1.54) is 12.8 Å². The number of benzene rings is 3. The molecule has 1 aliphatic rings. The Balaban J connectivity index is 1.78. The van der Waals surface area contributed by atoms with E-state index in [-0.39, 0.29) is 5.56 Å². The van der Waals surface area contributed by atoms with E-state index >= 15 is 0 Å². The fourth-order valence-corrected chi connectivity index (χ4v) is 7.47. The molecule has 0 saturated heterocycles. The minimum absolute atomic E-state index is 0.252. The number of aromatic carboxylic acids is 2. The Morgan fingerprint density at radius 1 is 0.580 bits per heavy atom. The zero-order valence-electron chi connectivity index (χ0n) is 32.3. The summed E-state index contributed by atoms with van der Waals surface area (Å²) in [5.74, 6) is 0.748. The summed E-state index contributed by atoms with van der Waals surface area (Å²) in [4.78, 5) is 30.5. The van der Waals surface area contributed by atoms with Crippen molar-refractivity contribution in [2.75, 3.05) is 39.3 Å². The number of rotatable bonds is 22. The van der Waals surface area contributed by atoms with Gasteiger partial charge < -0.3 is 20.0 Å². The standard InChI is InChI=1S/C44H64N2O4/c1-29(2)18-24-45(25-19-30(3)4)22-10-14-34-35(15-11-23-46(26-20-31(5)6)27-21-32(7)8)42(44(49)50)38-13-9-12-36-39-28-33(43(47)48)16-17-37(39)40(34)41(36)38/h9,12-13,16-17,28-32H,10-11,14-15,18-27H2,1-8H3,(H,47,48)(H,49,50). The molecule has 0 amide bonds. The molecule has 0 heterocycles. The van der Waals surface area contributed by atoms with Gasteiger partial charge in [-0.1, -0.05) is 79.7 Å². The summed E-state index contributed by atoms with van der Waals surface area (Å²) >= 11 is 0. The fourth-order valence-electron chi connectivity index (χ4n) is 7.47. The molecule has 274 valence electrons. The van der Waals surface area contributed by atoms with Crippen molar-refractivity contribution in [3.8, 4) is 22.3 Å². The maximum atomic E-state index is 13.3. The molecule has 0 aromatic heterocycles. The number of fused-ring (bicyclic) bond motifs is 3. The molecule has 0 radical (unpaired) electrons. The van der Waals surface area contributed by atoms with Gasteiger partial charge in [0.1, 0.15) is 0 Å². The molecule has 3 aromatic carbocycles. The van der Waals surface area contributed by atoms with Crippen LogP contribution in [0, 0.1) is 23.7 Å². The molecule has 3 aromatic rings. The Kier molecular flexibility index (Phi) is 14.5. The summed E-state index contributed by atoms with van der Waals surface area (Å²) in [7, 11) is 0. The Bertz CT molecular complexity index is 1580. The molecule has 2 N–H and O–H groups in total. The number of hydrogen-bond acceptors (Lipinski definition) is 4. The van der Waals surface area contributed by atoms with Crippen molar-refractivity contribution in [1.82, 2.24) is 9.80 Å². The lowest BCUT2D eigenvalue weighted by Gasteiger charge is -2.26. The summed E-state index contributed by atoms with van der Waals surface area (Å²) in [5, 5.41) is 22.5. The molecule has 6 heteroatoms. The second-order valence-corrected chi connectivity index (χ2v) is 16.4. The highest BCUT2D eigenvalue weighted by atomic mass is 16.4. The number of carbonyl (C=O) groups is 2. The number of carboxylic acid groups (broad SMARTS) is 2. The zero-order valence-corrected chi connectivity index (χ0v) is 32.3. The number of nitrogens with zero attached hydrogens (tertiary/aromatic N) is 2.